The highest BCUT2D eigenvalue weighted by Gasteiger charge is 2.30. The van der Waals surface area contributed by atoms with Crippen molar-refractivity contribution in [2.24, 2.45) is 5.92 Å². The van der Waals surface area contributed by atoms with Crippen LogP contribution in [0.5, 0.6) is 0 Å². The van der Waals surface area contributed by atoms with Crippen molar-refractivity contribution in [2.75, 3.05) is 6.54 Å². The second-order valence-electron chi connectivity index (χ2n) is 3.62. The Morgan fingerprint density at radius 1 is 1.33 bits per heavy atom. The van der Waals surface area contributed by atoms with E-state index in [-0.39, 0.29) is 0 Å². The molecule has 0 radical (unpaired) electrons. The third-order valence-electron chi connectivity index (χ3n) is 2.35. The molecule has 90 valence electrons. The predicted octanol–water partition coefficient (Wildman–Crippen LogP) is 3.69. The maximum absolute atomic E-state index is 11.3. The van der Waals surface area contributed by atoms with Crippen LogP contribution in [0.1, 0.15) is 39.5 Å². The van der Waals surface area contributed by atoms with Crippen LogP contribution in [0, 0.1) is 5.92 Å². The molecule has 2 nitrogen and oxygen atoms in total. The number of amides is 1. The van der Waals surface area contributed by atoms with Crippen molar-refractivity contribution >= 4 is 40.7 Å². The Labute approximate surface area is 107 Å². The zero-order chi connectivity index (χ0) is 11.9. The van der Waals surface area contributed by atoms with Crippen LogP contribution in [0.25, 0.3) is 0 Å². The van der Waals surface area contributed by atoms with Crippen molar-refractivity contribution in [3.05, 3.63) is 0 Å². The Kier molecular flexibility index (Phi) is 7.76. The maximum atomic E-state index is 11.3. The van der Waals surface area contributed by atoms with Crippen molar-refractivity contribution in [1.82, 2.24) is 5.32 Å². The van der Waals surface area contributed by atoms with Crippen LogP contribution in [-0.4, -0.2) is 16.2 Å². The highest BCUT2D eigenvalue weighted by atomic mass is 35.6. The van der Waals surface area contributed by atoms with Gasteiger partial charge >= 0.3 is 0 Å². The highest BCUT2D eigenvalue weighted by molar-refractivity contribution is 6.76. The molecule has 15 heavy (non-hydrogen) atoms. The third-order valence-corrected chi connectivity index (χ3v) is 2.87. The molecule has 0 aliphatic carbocycles. The molecule has 1 atom stereocenters. The van der Waals surface area contributed by atoms with Gasteiger partial charge in [0.2, 0.25) is 0 Å². The molecule has 0 aliphatic rings. The van der Waals surface area contributed by atoms with Crippen molar-refractivity contribution in [3.8, 4) is 0 Å². The van der Waals surface area contributed by atoms with Crippen molar-refractivity contribution in [3.63, 3.8) is 0 Å². The predicted molar refractivity (Wildman–Crippen MR) is 66.6 cm³/mol. The Balaban J connectivity index is 3.85. The fourth-order valence-corrected chi connectivity index (χ4v) is 1.48. The number of hydrogen-bond donors (Lipinski definition) is 1. The van der Waals surface area contributed by atoms with Crippen LogP contribution in [-0.2, 0) is 4.79 Å². The summed E-state index contributed by atoms with van der Waals surface area (Å²) >= 11 is 16.3. The molecule has 0 saturated heterocycles. The largest absolute Gasteiger partial charge is 0.352 e. The minimum atomic E-state index is -1.84. The lowest BCUT2D eigenvalue weighted by Crippen LogP contribution is -2.37. The standard InChI is InChI=1S/C10H18Cl3NO/c1-3-5-6-8(4-2)7-14-9(15)10(11,12)13/h8H,3-7H2,1-2H3,(H,14,15)/t8-/m0/s1. The summed E-state index contributed by atoms with van der Waals surface area (Å²) in [6.07, 6.45) is 4.46. The first kappa shape index (κ1) is 15.3. The summed E-state index contributed by atoms with van der Waals surface area (Å²) in [4.78, 5) is 11.3. The van der Waals surface area contributed by atoms with Gasteiger partial charge in [0.15, 0.2) is 0 Å². The third kappa shape index (κ3) is 7.26. The van der Waals surface area contributed by atoms with Crippen LogP contribution < -0.4 is 5.32 Å². The SMILES string of the molecule is CCCC[C@H](CC)CNC(=O)C(Cl)(Cl)Cl. The average Bonchev–Trinajstić information content (AvgIpc) is 2.16. The molecule has 0 bridgehead atoms. The molecular formula is C10H18Cl3NO. The molecule has 0 heterocycles. The topological polar surface area (TPSA) is 29.1 Å². The van der Waals surface area contributed by atoms with Gasteiger partial charge in [0, 0.05) is 6.54 Å². The maximum Gasteiger partial charge on any atom is 0.272 e. The van der Waals surface area contributed by atoms with E-state index in [0.29, 0.717) is 12.5 Å². The smallest absolute Gasteiger partial charge is 0.272 e. The Morgan fingerprint density at radius 3 is 2.33 bits per heavy atom. The minimum Gasteiger partial charge on any atom is -0.352 e. The molecule has 0 saturated carbocycles. The number of carbonyl (C=O) groups is 1. The van der Waals surface area contributed by atoms with Gasteiger partial charge < -0.3 is 5.32 Å². The van der Waals surface area contributed by atoms with E-state index in [9.17, 15) is 4.79 Å². The van der Waals surface area contributed by atoms with E-state index < -0.39 is 9.70 Å². The van der Waals surface area contributed by atoms with Crippen LogP contribution in [0.15, 0.2) is 0 Å². The van der Waals surface area contributed by atoms with Gasteiger partial charge in [0.1, 0.15) is 0 Å². The molecule has 0 aromatic carbocycles. The summed E-state index contributed by atoms with van der Waals surface area (Å²) < 4.78 is -1.84. The van der Waals surface area contributed by atoms with Crippen molar-refractivity contribution < 1.29 is 4.79 Å². The van der Waals surface area contributed by atoms with Crippen molar-refractivity contribution in [2.45, 2.75) is 43.3 Å². The number of carbonyl (C=O) groups excluding carboxylic acids is 1. The summed E-state index contributed by atoms with van der Waals surface area (Å²) in [7, 11) is 0. The van der Waals surface area contributed by atoms with E-state index in [1.165, 1.54) is 6.42 Å². The molecule has 0 aliphatic heterocycles. The van der Waals surface area contributed by atoms with E-state index in [1.54, 1.807) is 0 Å². The molecule has 5 heteroatoms. The minimum absolute atomic E-state index is 0.473. The molecule has 0 fully saturated rings. The summed E-state index contributed by atoms with van der Waals surface area (Å²) in [6, 6.07) is 0. The van der Waals surface area contributed by atoms with Gasteiger partial charge in [-0.1, -0.05) is 67.9 Å². The first-order valence-corrected chi connectivity index (χ1v) is 6.40. The fourth-order valence-electron chi connectivity index (χ4n) is 1.28. The Morgan fingerprint density at radius 2 is 1.93 bits per heavy atom. The first-order chi connectivity index (χ1) is 6.91. The zero-order valence-electron chi connectivity index (χ0n) is 9.16. The van der Waals surface area contributed by atoms with Gasteiger partial charge in [-0.15, -0.1) is 0 Å². The summed E-state index contributed by atoms with van der Waals surface area (Å²) in [5.74, 6) is -0.0660. The van der Waals surface area contributed by atoms with Gasteiger partial charge in [-0.3, -0.25) is 4.79 Å². The van der Waals surface area contributed by atoms with E-state index >= 15 is 0 Å². The lowest BCUT2D eigenvalue weighted by molar-refractivity contribution is -0.120. The Hall–Kier alpha value is 0.340. The van der Waals surface area contributed by atoms with E-state index in [4.69, 9.17) is 34.8 Å². The van der Waals surface area contributed by atoms with E-state index in [1.807, 2.05) is 0 Å². The van der Waals surface area contributed by atoms with E-state index in [2.05, 4.69) is 19.2 Å². The molecule has 0 unspecified atom stereocenters. The Bertz CT molecular complexity index is 192. The lowest BCUT2D eigenvalue weighted by Gasteiger charge is -2.17. The number of halogens is 3. The van der Waals surface area contributed by atoms with Gasteiger partial charge in [0.25, 0.3) is 9.70 Å². The van der Waals surface area contributed by atoms with Gasteiger partial charge in [-0.2, -0.15) is 0 Å². The number of nitrogens with one attached hydrogen (secondary N) is 1. The number of rotatable bonds is 6. The summed E-state index contributed by atoms with van der Waals surface area (Å²) in [6.45, 7) is 4.83. The normalized spacial score (nSPS) is 13.7. The quantitative estimate of drug-likeness (QED) is 0.735. The molecule has 1 amide bonds. The number of unbranched alkanes of at least 4 members (excludes halogenated alkanes) is 1. The average molecular weight is 275 g/mol. The summed E-state index contributed by atoms with van der Waals surface area (Å²) in [5, 5.41) is 2.65. The highest BCUT2D eigenvalue weighted by Crippen LogP contribution is 2.26. The van der Waals surface area contributed by atoms with Crippen LogP contribution in [0.2, 0.25) is 0 Å². The van der Waals surface area contributed by atoms with Crippen LogP contribution in [0.4, 0.5) is 0 Å². The second kappa shape index (κ2) is 7.59. The molecule has 0 rings (SSSR count). The lowest BCUT2D eigenvalue weighted by atomic mass is 9.99. The first-order valence-electron chi connectivity index (χ1n) is 5.26. The van der Waals surface area contributed by atoms with Crippen LogP contribution >= 0.6 is 34.8 Å². The monoisotopic (exact) mass is 273 g/mol. The molecular weight excluding hydrogens is 256 g/mol. The van der Waals surface area contributed by atoms with Gasteiger partial charge in [0.05, 0.1) is 0 Å². The van der Waals surface area contributed by atoms with Gasteiger partial charge in [-0.05, 0) is 12.3 Å². The van der Waals surface area contributed by atoms with Gasteiger partial charge in [-0.25, -0.2) is 0 Å². The second-order valence-corrected chi connectivity index (χ2v) is 5.91. The van der Waals surface area contributed by atoms with E-state index in [0.717, 1.165) is 19.3 Å². The summed E-state index contributed by atoms with van der Waals surface area (Å²) in [5.41, 5.74) is 0. The zero-order valence-corrected chi connectivity index (χ0v) is 11.4. The molecule has 0 aromatic rings. The number of hydrogen-bond acceptors (Lipinski definition) is 1. The number of alkyl halides is 3. The molecule has 0 spiro atoms. The van der Waals surface area contributed by atoms with Crippen LogP contribution in [0.3, 0.4) is 0 Å². The fraction of sp³-hybridized carbons (Fsp3) is 0.900. The molecule has 0 aromatic heterocycles. The van der Waals surface area contributed by atoms with Crippen molar-refractivity contribution in [1.29, 1.82) is 0 Å². The molecule has 1 N–H and O–H groups in total.